The third-order valence-electron chi connectivity index (χ3n) is 4.26. The van der Waals surface area contributed by atoms with Crippen molar-refractivity contribution in [1.82, 2.24) is 4.57 Å². The van der Waals surface area contributed by atoms with E-state index < -0.39 is 5.97 Å². The van der Waals surface area contributed by atoms with E-state index in [2.05, 4.69) is 0 Å². The van der Waals surface area contributed by atoms with Crippen LogP contribution >= 0.6 is 0 Å². The third-order valence-corrected chi connectivity index (χ3v) is 4.26. The monoisotopic (exact) mass is 275 g/mol. The molecule has 0 spiro atoms. The minimum absolute atomic E-state index is 0.190. The molecule has 0 aliphatic heterocycles. The first-order valence-corrected chi connectivity index (χ1v) is 7.17. The maximum atomic E-state index is 14.1. The van der Waals surface area contributed by atoms with Gasteiger partial charge in [0.05, 0.1) is 11.1 Å². The molecule has 0 unspecified atom stereocenters. The van der Waals surface area contributed by atoms with Crippen molar-refractivity contribution in [2.45, 2.75) is 38.6 Å². The van der Waals surface area contributed by atoms with Gasteiger partial charge in [0.2, 0.25) is 0 Å². The highest BCUT2D eigenvalue weighted by molar-refractivity contribution is 6.03. The molecule has 0 atom stereocenters. The van der Waals surface area contributed by atoms with E-state index >= 15 is 0 Å². The lowest BCUT2D eigenvalue weighted by Gasteiger charge is -2.22. The zero-order chi connectivity index (χ0) is 14.1. The van der Waals surface area contributed by atoms with Gasteiger partial charge in [-0.1, -0.05) is 31.4 Å². The topological polar surface area (TPSA) is 42.2 Å². The Morgan fingerprint density at radius 1 is 1.30 bits per heavy atom. The average Bonchev–Trinajstić information content (AvgIpc) is 2.80. The molecule has 20 heavy (non-hydrogen) atoms. The van der Waals surface area contributed by atoms with Gasteiger partial charge in [-0.3, -0.25) is 0 Å². The summed E-state index contributed by atoms with van der Waals surface area (Å²) in [6, 6.07) is 4.64. The Morgan fingerprint density at radius 3 is 2.75 bits per heavy atom. The fourth-order valence-electron chi connectivity index (χ4n) is 3.28. The highest BCUT2D eigenvalue weighted by Crippen LogP contribution is 2.29. The van der Waals surface area contributed by atoms with Gasteiger partial charge in [0.15, 0.2) is 0 Å². The third kappa shape index (κ3) is 2.30. The molecule has 106 valence electrons. The molecule has 0 amide bonds. The Bertz CT molecular complexity index is 641. The smallest absolute Gasteiger partial charge is 0.337 e. The molecule has 4 heteroatoms. The summed E-state index contributed by atoms with van der Waals surface area (Å²) in [7, 11) is 0. The minimum atomic E-state index is -0.997. The fraction of sp³-hybridized carbons (Fsp3) is 0.438. The first-order chi connectivity index (χ1) is 9.66. The van der Waals surface area contributed by atoms with E-state index in [9.17, 15) is 14.3 Å². The van der Waals surface area contributed by atoms with Gasteiger partial charge in [-0.05, 0) is 24.8 Å². The Morgan fingerprint density at radius 2 is 2.05 bits per heavy atom. The average molecular weight is 275 g/mol. The van der Waals surface area contributed by atoms with Crippen molar-refractivity contribution in [1.29, 1.82) is 0 Å². The lowest BCUT2D eigenvalue weighted by Crippen LogP contribution is -2.13. The van der Waals surface area contributed by atoms with Crippen LogP contribution in [0.1, 0.15) is 42.5 Å². The molecular weight excluding hydrogens is 257 g/mol. The summed E-state index contributed by atoms with van der Waals surface area (Å²) in [6.45, 7) is 0.713. The van der Waals surface area contributed by atoms with Crippen LogP contribution in [0.4, 0.5) is 4.39 Å². The molecule has 0 saturated heterocycles. The van der Waals surface area contributed by atoms with Crippen LogP contribution in [-0.2, 0) is 6.54 Å². The first kappa shape index (κ1) is 13.2. The summed E-state index contributed by atoms with van der Waals surface area (Å²) in [6.07, 6.45) is 7.60. The van der Waals surface area contributed by atoms with Crippen LogP contribution in [0.3, 0.4) is 0 Å². The number of carbonyl (C=O) groups is 1. The van der Waals surface area contributed by atoms with E-state index in [1.165, 1.54) is 25.3 Å². The number of carboxylic acids is 1. The largest absolute Gasteiger partial charge is 0.478 e. The second-order valence-corrected chi connectivity index (χ2v) is 5.64. The maximum Gasteiger partial charge on any atom is 0.337 e. The molecule has 1 aromatic carbocycles. The van der Waals surface area contributed by atoms with E-state index in [1.807, 2.05) is 0 Å². The Balaban J connectivity index is 2.03. The van der Waals surface area contributed by atoms with E-state index in [0.29, 0.717) is 23.4 Å². The van der Waals surface area contributed by atoms with Gasteiger partial charge in [0.25, 0.3) is 0 Å². The van der Waals surface area contributed by atoms with Crippen LogP contribution in [0.2, 0.25) is 0 Å². The summed E-state index contributed by atoms with van der Waals surface area (Å²) >= 11 is 0. The van der Waals surface area contributed by atoms with Crippen LogP contribution < -0.4 is 0 Å². The quantitative estimate of drug-likeness (QED) is 0.917. The van der Waals surface area contributed by atoms with Gasteiger partial charge in [-0.25, -0.2) is 9.18 Å². The van der Waals surface area contributed by atoms with Gasteiger partial charge in [-0.2, -0.15) is 0 Å². The van der Waals surface area contributed by atoms with Gasteiger partial charge >= 0.3 is 5.97 Å². The van der Waals surface area contributed by atoms with E-state index in [-0.39, 0.29) is 11.4 Å². The van der Waals surface area contributed by atoms with Gasteiger partial charge < -0.3 is 9.67 Å². The second kappa shape index (κ2) is 5.27. The zero-order valence-corrected chi connectivity index (χ0v) is 11.3. The molecule has 1 heterocycles. The lowest BCUT2D eigenvalue weighted by molar-refractivity contribution is 0.0698. The van der Waals surface area contributed by atoms with Crippen molar-refractivity contribution < 1.29 is 14.3 Å². The van der Waals surface area contributed by atoms with Crippen LogP contribution in [0.25, 0.3) is 10.9 Å². The minimum Gasteiger partial charge on any atom is -0.478 e. The van der Waals surface area contributed by atoms with Crippen molar-refractivity contribution in [3.63, 3.8) is 0 Å². The molecule has 0 bridgehead atoms. The van der Waals surface area contributed by atoms with Crippen LogP contribution in [0.5, 0.6) is 0 Å². The maximum absolute atomic E-state index is 14.1. The van der Waals surface area contributed by atoms with Crippen LogP contribution in [-0.4, -0.2) is 15.6 Å². The number of hydrogen-bond donors (Lipinski definition) is 1. The van der Waals surface area contributed by atoms with E-state index in [0.717, 1.165) is 12.8 Å². The Hall–Kier alpha value is -1.84. The highest BCUT2D eigenvalue weighted by Gasteiger charge is 2.20. The molecule has 1 N–H and O–H groups in total. The lowest BCUT2D eigenvalue weighted by atomic mass is 9.89. The summed E-state index contributed by atoms with van der Waals surface area (Å²) in [5.41, 5.74) is 0.616. The number of carboxylic acid groups (broad SMARTS) is 1. The number of benzene rings is 1. The molecule has 3 nitrogen and oxygen atoms in total. The van der Waals surface area contributed by atoms with Crippen molar-refractivity contribution in [2.75, 3.05) is 0 Å². The van der Waals surface area contributed by atoms with Crippen LogP contribution in [0, 0.1) is 11.7 Å². The summed E-state index contributed by atoms with van der Waals surface area (Å²) < 4.78 is 15.9. The van der Waals surface area contributed by atoms with Crippen molar-refractivity contribution in [3.8, 4) is 0 Å². The SMILES string of the molecule is O=C(O)c1cn(CC2CCCCC2)c2c(F)cccc12. The summed E-state index contributed by atoms with van der Waals surface area (Å²) in [5.74, 6) is -0.811. The molecule has 3 rings (SSSR count). The standard InChI is InChI=1S/C16H18FNO2/c17-14-8-4-7-12-13(16(19)20)10-18(15(12)14)9-11-5-2-1-3-6-11/h4,7-8,10-11H,1-3,5-6,9H2,(H,19,20). The van der Waals surface area contributed by atoms with Gasteiger partial charge in [0, 0.05) is 18.1 Å². The van der Waals surface area contributed by atoms with Crippen LogP contribution in [0.15, 0.2) is 24.4 Å². The predicted molar refractivity (Wildman–Crippen MR) is 75.4 cm³/mol. The molecule has 1 fully saturated rings. The number of aromatic nitrogens is 1. The van der Waals surface area contributed by atoms with Crippen molar-refractivity contribution >= 4 is 16.9 Å². The molecule has 0 radical (unpaired) electrons. The molecule has 2 aromatic rings. The first-order valence-electron chi connectivity index (χ1n) is 7.17. The predicted octanol–water partition coefficient (Wildman–Crippen LogP) is 4.06. The second-order valence-electron chi connectivity index (χ2n) is 5.64. The number of nitrogens with zero attached hydrogens (tertiary/aromatic N) is 1. The molecule has 1 aromatic heterocycles. The number of rotatable bonds is 3. The van der Waals surface area contributed by atoms with Gasteiger partial charge in [-0.15, -0.1) is 0 Å². The van der Waals surface area contributed by atoms with E-state index in [4.69, 9.17) is 0 Å². The number of aromatic carboxylic acids is 1. The van der Waals surface area contributed by atoms with Gasteiger partial charge in [0.1, 0.15) is 5.82 Å². The number of hydrogen-bond acceptors (Lipinski definition) is 1. The molecule has 1 saturated carbocycles. The Labute approximate surface area is 117 Å². The fourth-order valence-corrected chi connectivity index (χ4v) is 3.28. The summed E-state index contributed by atoms with van der Waals surface area (Å²) in [4.78, 5) is 11.3. The Kier molecular flexibility index (Phi) is 3.47. The highest BCUT2D eigenvalue weighted by atomic mass is 19.1. The molecular formula is C16H18FNO2. The number of fused-ring (bicyclic) bond motifs is 1. The van der Waals surface area contributed by atoms with E-state index in [1.54, 1.807) is 22.9 Å². The molecule has 1 aliphatic carbocycles. The normalized spacial score (nSPS) is 16.6. The summed E-state index contributed by atoms with van der Waals surface area (Å²) in [5, 5.41) is 9.75. The van der Waals surface area contributed by atoms with Crippen molar-refractivity contribution in [3.05, 3.63) is 35.8 Å². The number of halogens is 1. The van der Waals surface area contributed by atoms with Crippen molar-refractivity contribution in [2.24, 2.45) is 5.92 Å². The molecule has 1 aliphatic rings. The zero-order valence-electron chi connectivity index (χ0n) is 11.3. The number of para-hydroxylation sites is 1.